The molecule has 0 aromatic heterocycles. The van der Waals surface area contributed by atoms with Crippen LogP contribution in [0.3, 0.4) is 0 Å². The molecule has 0 spiro atoms. The van der Waals surface area contributed by atoms with E-state index in [1.807, 2.05) is 49.4 Å². The van der Waals surface area contributed by atoms with Crippen molar-refractivity contribution in [2.45, 2.75) is 19.5 Å². The van der Waals surface area contributed by atoms with Crippen molar-refractivity contribution in [2.24, 2.45) is 0 Å². The predicted molar refractivity (Wildman–Crippen MR) is 112 cm³/mol. The molecule has 1 aliphatic rings. The largest absolute Gasteiger partial charge is 0.497 e. The van der Waals surface area contributed by atoms with Gasteiger partial charge in [-0.1, -0.05) is 30.3 Å². The molecule has 0 bridgehead atoms. The van der Waals surface area contributed by atoms with Gasteiger partial charge in [-0.05, 0) is 36.8 Å². The van der Waals surface area contributed by atoms with Crippen LogP contribution in [-0.2, 0) is 11.3 Å². The van der Waals surface area contributed by atoms with Gasteiger partial charge < -0.3 is 19.9 Å². The second-order valence-electron chi connectivity index (χ2n) is 7.22. The number of carbonyl (C=O) groups excluding carboxylic acids is 2. The summed E-state index contributed by atoms with van der Waals surface area (Å²) in [7, 11) is 1.66. The van der Waals surface area contributed by atoms with Gasteiger partial charge in [-0.3, -0.25) is 10.1 Å². The van der Waals surface area contributed by atoms with Crippen molar-refractivity contribution in [3.05, 3.63) is 60.2 Å². The lowest BCUT2D eigenvalue weighted by Crippen LogP contribution is -3.19. The van der Waals surface area contributed by atoms with Gasteiger partial charge in [0.2, 0.25) is 0 Å². The number of nitrogens with one attached hydrogen (secondary N) is 3. The van der Waals surface area contributed by atoms with E-state index in [1.165, 1.54) is 4.90 Å². The van der Waals surface area contributed by atoms with Gasteiger partial charge in [0.25, 0.3) is 5.91 Å². The summed E-state index contributed by atoms with van der Waals surface area (Å²) in [4.78, 5) is 28.0. The number of quaternary nitrogens is 1. The molecule has 0 unspecified atom stereocenters. The average molecular weight is 397 g/mol. The Morgan fingerprint density at radius 1 is 1.07 bits per heavy atom. The maximum atomic E-state index is 12.5. The Kier molecular flexibility index (Phi) is 7.08. The molecule has 0 radical (unpaired) electrons. The molecular weight excluding hydrogens is 368 g/mol. The maximum Gasteiger partial charge on any atom is 0.321 e. The molecule has 1 heterocycles. The predicted octanol–water partition coefficient (Wildman–Crippen LogP) is 0.815. The van der Waals surface area contributed by atoms with Crippen LogP contribution < -0.4 is 25.2 Å². The third-order valence-electron chi connectivity index (χ3n) is 5.38. The van der Waals surface area contributed by atoms with E-state index in [4.69, 9.17) is 4.74 Å². The highest BCUT2D eigenvalue weighted by Crippen LogP contribution is 2.19. The van der Waals surface area contributed by atoms with Gasteiger partial charge in [0.15, 0.2) is 6.04 Å². The molecule has 2 aromatic rings. The van der Waals surface area contributed by atoms with E-state index in [2.05, 4.69) is 27.7 Å². The van der Waals surface area contributed by atoms with Crippen LogP contribution in [0.5, 0.6) is 5.75 Å². The van der Waals surface area contributed by atoms with Crippen molar-refractivity contribution in [3.63, 3.8) is 0 Å². The fourth-order valence-electron chi connectivity index (χ4n) is 3.51. The minimum Gasteiger partial charge on any atom is -0.497 e. The summed E-state index contributed by atoms with van der Waals surface area (Å²) in [5.41, 5.74) is 2.14. The Hall–Kier alpha value is -3.06. The molecule has 7 nitrogen and oxygen atoms in total. The molecule has 1 saturated heterocycles. The van der Waals surface area contributed by atoms with Gasteiger partial charge in [0, 0.05) is 12.2 Å². The highest BCUT2D eigenvalue weighted by atomic mass is 16.5. The Labute approximate surface area is 171 Å². The molecule has 0 saturated carbocycles. The summed E-state index contributed by atoms with van der Waals surface area (Å²) in [6.45, 7) is 5.66. The first-order valence-electron chi connectivity index (χ1n) is 9.93. The summed E-state index contributed by atoms with van der Waals surface area (Å²) in [5.74, 6) is 0.595. The number of carbonyl (C=O) groups is 2. The van der Waals surface area contributed by atoms with E-state index in [1.54, 1.807) is 7.11 Å². The van der Waals surface area contributed by atoms with Crippen molar-refractivity contribution in [1.29, 1.82) is 0 Å². The van der Waals surface area contributed by atoms with Gasteiger partial charge in [-0.25, -0.2) is 4.79 Å². The normalized spacial score (nSPS) is 15.4. The summed E-state index contributed by atoms with van der Waals surface area (Å²) in [6.07, 6.45) is 0. The smallest absolute Gasteiger partial charge is 0.321 e. The second-order valence-corrected chi connectivity index (χ2v) is 7.22. The highest BCUT2D eigenvalue weighted by molar-refractivity contribution is 5.96. The SMILES string of the molecule is COc1ccc(N2CC[NH+]([C@@H](C)C(=O)NC(=O)NCc3ccccc3)CC2)cc1. The van der Waals surface area contributed by atoms with Crippen molar-refractivity contribution >= 4 is 17.6 Å². The van der Waals surface area contributed by atoms with Gasteiger partial charge in [0.1, 0.15) is 5.75 Å². The minimum atomic E-state index is -0.457. The third-order valence-corrected chi connectivity index (χ3v) is 5.38. The number of methoxy groups -OCH3 is 1. The maximum absolute atomic E-state index is 12.5. The topological polar surface area (TPSA) is 75.1 Å². The van der Waals surface area contributed by atoms with E-state index in [0.717, 1.165) is 43.2 Å². The van der Waals surface area contributed by atoms with Crippen LogP contribution in [0.4, 0.5) is 10.5 Å². The number of rotatable bonds is 6. The number of anilines is 1. The molecule has 3 amide bonds. The molecule has 3 rings (SSSR count). The first-order valence-corrected chi connectivity index (χ1v) is 9.93. The van der Waals surface area contributed by atoms with E-state index in [9.17, 15) is 9.59 Å². The fraction of sp³-hybridized carbons (Fsp3) is 0.364. The number of hydrogen-bond donors (Lipinski definition) is 3. The number of urea groups is 1. The van der Waals surface area contributed by atoms with Crippen LogP contribution >= 0.6 is 0 Å². The van der Waals surface area contributed by atoms with Gasteiger partial charge in [-0.2, -0.15) is 0 Å². The fourth-order valence-corrected chi connectivity index (χ4v) is 3.51. The van der Waals surface area contributed by atoms with E-state index in [-0.39, 0.29) is 11.9 Å². The van der Waals surface area contributed by atoms with Crippen molar-refractivity contribution in [1.82, 2.24) is 10.6 Å². The Morgan fingerprint density at radius 2 is 1.72 bits per heavy atom. The monoisotopic (exact) mass is 397 g/mol. The summed E-state index contributed by atoms with van der Waals surface area (Å²) >= 11 is 0. The molecule has 1 aliphatic heterocycles. The van der Waals surface area contributed by atoms with E-state index >= 15 is 0 Å². The summed E-state index contributed by atoms with van der Waals surface area (Å²) in [6, 6.07) is 16.9. The molecule has 3 N–H and O–H groups in total. The Bertz CT molecular complexity index is 803. The zero-order valence-electron chi connectivity index (χ0n) is 17.0. The minimum absolute atomic E-state index is 0.247. The lowest BCUT2D eigenvalue weighted by molar-refractivity contribution is -0.914. The molecule has 2 aromatic carbocycles. The number of benzene rings is 2. The Morgan fingerprint density at radius 3 is 2.34 bits per heavy atom. The zero-order valence-corrected chi connectivity index (χ0v) is 17.0. The quantitative estimate of drug-likeness (QED) is 0.675. The molecular formula is C22H29N4O3+. The van der Waals surface area contributed by atoms with Crippen LogP contribution in [0.25, 0.3) is 0 Å². The molecule has 0 aliphatic carbocycles. The van der Waals surface area contributed by atoms with Crippen LogP contribution in [-0.4, -0.2) is 51.3 Å². The van der Waals surface area contributed by atoms with Gasteiger partial charge in [-0.15, -0.1) is 0 Å². The van der Waals surface area contributed by atoms with Crippen LogP contribution in [0.15, 0.2) is 54.6 Å². The number of ether oxygens (including phenoxy) is 1. The average Bonchev–Trinajstić information content (AvgIpc) is 2.78. The van der Waals surface area contributed by atoms with Crippen LogP contribution in [0.1, 0.15) is 12.5 Å². The van der Waals surface area contributed by atoms with Crippen molar-refractivity contribution in [3.8, 4) is 5.75 Å². The number of hydrogen-bond acceptors (Lipinski definition) is 4. The van der Waals surface area contributed by atoms with Gasteiger partial charge in [0.05, 0.1) is 33.3 Å². The van der Waals surface area contributed by atoms with Crippen molar-refractivity contribution < 1.29 is 19.2 Å². The number of nitrogens with zero attached hydrogens (tertiary/aromatic N) is 1. The molecule has 1 atom stereocenters. The van der Waals surface area contributed by atoms with E-state index < -0.39 is 6.03 Å². The zero-order chi connectivity index (χ0) is 20.6. The molecule has 7 heteroatoms. The summed E-state index contributed by atoms with van der Waals surface area (Å²) in [5, 5.41) is 5.19. The standard InChI is InChI=1S/C22H28N4O3/c1-17(21(27)24-22(28)23-16-18-6-4-3-5-7-18)25-12-14-26(15-13-25)19-8-10-20(29-2)11-9-19/h3-11,17H,12-16H2,1-2H3,(H2,23,24,27,28)/p+1/t17-/m0/s1. The van der Waals surface area contributed by atoms with Crippen LogP contribution in [0, 0.1) is 0 Å². The van der Waals surface area contributed by atoms with Gasteiger partial charge >= 0.3 is 6.03 Å². The molecule has 154 valence electrons. The Balaban J connectivity index is 1.43. The highest BCUT2D eigenvalue weighted by Gasteiger charge is 2.30. The van der Waals surface area contributed by atoms with Crippen LogP contribution in [0.2, 0.25) is 0 Å². The first kappa shape index (κ1) is 20.7. The van der Waals surface area contributed by atoms with Crippen molar-refractivity contribution in [2.75, 3.05) is 38.2 Å². The molecule has 29 heavy (non-hydrogen) atoms. The number of piperazine rings is 1. The first-order chi connectivity index (χ1) is 14.1. The summed E-state index contributed by atoms with van der Waals surface area (Å²) < 4.78 is 5.21. The number of amides is 3. The third kappa shape index (κ3) is 5.71. The van der Waals surface area contributed by atoms with E-state index in [0.29, 0.717) is 6.54 Å². The lowest BCUT2D eigenvalue weighted by Gasteiger charge is -2.35. The molecule has 1 fully saturated rings. The second kappa shape index (κ2) is 9.93. The number of imide groups is 1. The lowest BCUT2D eigenvalue weighted by atomic mass is 10.2.